The van der Waals surface area contributed by atoms with Crippen LogP contribution in [0.3, 0.4) is 0 Å². The Labute approximate surface area is 94.8 Å². The van der Waals surface area contributed by atoms with E-state index in [1.165, 1.54) is 37.0 Å². The standard InChI is InChI=1S/C12H28N2O/c1-13(2,3)9-11-15-12-10-14(4)7-5-6-8-14/h5-12H2,1-4H3/q+2. The summed E-state index contributed by atoms with van der Waals surface area (Å²) in [5.74, 6) is 0. The molecule has 0 aromatic rings. The summed E-state index contributed by atoms with van der Waals surface area (Å²) in [6.45, 7) is 6.80. The summed E-state index contributed by atoms with van der Waals surface area (Å²) in [5, 5.41) is 0. The van der Waals surface area contributed by atoms with Gasteiger partial charge in [-0.1, -0.05) is 0 Å². The molecule has 0 aliphatic carbocycles. The number of hydrogen-bond acceptors (Lipinski definition) is 1. The van der Waals surface area contributed by atoms with Gasteiger partial charge >= 0.3 is 0 Å². The summed E-state index contributed by atoms with van der Waals surface area (Å²) in [7, 11) is 8.98. The van der Waals surface area contributed by atoms with E-state index in [1.54, 1.807) is 0 Å². The van der Waals surface area contributed by atoms with Crippen molar-refractivity contribution in [1.82, 2.24) is 0 Å². The van der Waals surface area contributed by atoms with E-state index in [9.17, 15) is 0 Å². The van der Waals surface area contributed by atoms with Gasteiger partial charge in [0.05, 0.1) is 54.5 Å². The molecule has 1 heterocycles. The zero-order valence-corrected chi connectivity index (χ0v) is 11.0. The molecule has 0 N–H and O–H groups in total. The number of quaternary nitrogens is 2. The molecule has 0 bridgehead atoms. The molecular weight excluding hydrogens is 188 g/mol. The van der Waals surface area contributed by atoms with E-state index in [4.69, 9.17) is 4.74 Å². The molecule has 1 aliphatic heterocycles. The minimum atomic E-state index is 0.892. The predicted molar refractivity (Wildman–Crippen MR) is 63.7 cm³/mol. The average molecular weight is 216 g/mol. The number of hydrogen-bond donors (Lipinski definition) is 0. The first-order chi connectivity index (χ1) is 6.91. The summed E-state index contributed by atoms with van der Waals surface area (Å²) in [6.07, 6.45) is 2.80. The first-order valence-corrected chi connectivity index (χ1v) is 6.13. The van der Waals surface area contributed by atoms with E-state index < -0.39 is 0 Å². The maximum Gasteiger partial charge on any atom is 0.102 e. The topological polar surface area (TPSA) is 9.23 Å². The Morgan fingerprint density at radius 2 is 1.67 bits per heavy atom. The van der Waals surface area contributed by atoms with Crippen LogP contribution in [-0.4, -0.2) is 76.5 Å². The maximum absolute atomic E-state index is 5.71. The second kappa shape index (κ2) is 5.28. The SMILES string of the molecule is C[N+](C)(C)CCOCC[N+]1(C)CCCC1. The molecule has 1 aliphatic rings. The Kier molecular flexibility index (Phi) is 4.56. The van der Waals surface area contributed by atoms with Gasteiger partial charge in [-0.05, 0) is 0 Å². The van der Waals surface area contributed by atoms with E-state index in [0.29, 0.717) is 0 Å². The smallest absolute Gasteiger partial charge is 0.102 e. The van der Waals surface area contributed by atoms with Crippen LogP contribution < -0.4 is 0 Å². The minimum absolute atomic E-state index is 0.892. The highest BCUT2D eigenvalue weighted by Gasteiger charge is 2.26. The summed E-state index contributed by atoms with van der Waals surface area (Å²) < 4.78 is 7.92. The normalized spacial score (nSPS) is 20.8. The van der Waals surface area contributed by atoms with Gasteiger partial charge in [-0.15, -0.1) is 0 Å². The second-order valence-electron chi connectivity index (χ2n) is 6.12. The van der Waals surface area contributed by atoms with Crippen molar-refractivity contribution >= 4 is 0 Å². The lowest BCUT2D eigenvalue weighted by atomic mass is 10.4. The lowest BCUT2D eigenvalue weighted by Crippen LogP contribution is -2.44. The highest BCUT2D eigenvalue weighted by molar-refractivity contribution is 4.51. The highest BCUT2D eigenvalue weighted by atomic mass is 16.5. The first-order valence-electron chi connectivity index (χ1n) is 6.13. The fourth-order valence-electron chi connectivity index (χ4n) is 2.05. The van der Waals surface area contributed by atoms with Crippen LogP contribution in [0.1, 0.15) is 12.8 Å². The van der Waals surface area contributed by atoms with Crippen LogP contribution in [-0.2, 0) is 4.74 Å². The fourth-order valence-corrected chi connectivity index (χ4v) is 2.05. The molecule has 3 heteroatoms. The molecule has 0 unspecified atom stereocenters. The quantitative estimate of drug-likeness (QED) is 0.474. The van der Waals surface area contributed by atoms with Crippen LogP contribution in [0, 0.1) is 0 Å². The number of likely N-dealkylation sites (tertiary alicyclic amines) is 1. The molecule has 1 saturated heterocycles. The lowest BCUT2D eigenvalue weighted by Gasteiger charge is -2.29. The molecule has 0 saturated carbocycles. The van der Waals surface area contributed by atoms with Gasteiger partial charge in [-0.25, -0.2) is 0 Å². The summed E-state index contributed by atoms with van der Waals surface area (Å²) >= 11 is 0. The summed E-state index contributed by atoms with van der Waals surface area (Å²) in [4.78, 5) is 0. The first kappa shape index (κ1) is 12.9. The molecular formula is C12H28N2O+2. The Hall–Kier alpha value is -0.120. The molecule has 90 valence electrons. The minimum Gasteiger partial charge on any atom is -0.370 e. The zero-order valence-electron chi connectivity index (χ0n) is 11.0. The largest absolute Gasteiger partial charge is 0.370 e. The second-order valence-corrected chi connectivity index (χ2v) is 6.12. The van der Waals surface area contributed by atoms with Gasteiger partial charge in [0.25, 0.3) is 0 Å². The molecule has 3 nitrogen and oxygen atoms in total. The monoisotopic (exact) mass is 216 g/mol. The van der Waals surface area contributed by atoms with Gasteiger partial charge in [0.15, 0.2) is 0 Å². The zero-order chi connectivity index (χ0) is 11.4. The van der Waals surface area contributed by atoms with Crippen LogP contribution in [0.25, 0.3) is 0 Å². The molecule has 0 radical (unpaired) electrons. The average Bonchev–Trinajstić information content (AvgIpc) is 2.50. The van der Waals surface area contributed by atoms with Crippen LogP contribution in [0.4, 0.5) is 0 Å². The van der Waals surface area contributed by atoms with E-state index in [-0.39, 0.29) is 0 Å². The Morgan fingerprint density at radius 3 is 2.20 bits per heavy atom. The third-order valence-electron chi connectivity index (χ3n) is 3.33. The predicted octanol–water partition coefficient (Wildman–Crippen LogP) is 0.950. The van der Waals surface area contributed by atoms with Crippen molar-refractivity contribution in [2.75, 3.05) is 67.6 Å². The molecule has 1 rings (SSSR count). The molecule has 0 spiro atoms. The molecule has 15 heavy (non-hydrogen) atoms. The van der Waals surface area contributed by atoms with Gasteiger partial charge < -0.3 is 13.7 Å². The summed E-state index contributed by atoms with van der Waals surface area (Å²) in [5.41, 5.74) is 0. The number of nitrogens with zero attached hydrogens (tertiary/aromatic N) is 2. The molecule has 0 aromatic heterocycles. The van der Waals surface area contributed by atoms with Crippen molar-refractivity contribution in [3.05, 3.63) is 0 Å². The van der Waals surface area contributed by atoms with Crippen LogP contribution >= 0.6 is 0 Å². The van der Waals surface area contributed by atoms with Gasteiger partial charge in [0.2, 0.25) is 0 Å². The molecule has 0 aromatic carbocycles. The number of ether oxygens (including phenoxy) is 1. The summed E-state index contributed by atoms with van der Waals surface area (Å²) in [6, 6.07) is 0. The maximum atomic E-state index is 5.71. The molecule has 1 fully saturated rings. The van der Waals surface area contributed by atoms with Crippen molar-refractivity contribution in [2.45, 2.75) is 12.8 Å². The number of likely N-dealkylation sites (N-methyl/N-ethyl adjacent to an activating group) is 2. The van der Waals surface area contributed by atoms with Gasteiger partial charge in [0, 0.05) is 12.8 Å². The van der Waals surface area contributed by atoms with Crippen LogP contribution in [0.15, 0.2) is 0 Å². The van der Waals surface area contributed by atoms with Crippen molar-refractivity contribution in [2.24, 2.45) is 0 Å². The highest BCUT2D eigenvalue weighted by Crippen LogP contribution is 2.15. The fraction of sp³-hybridized carbons (Fsp3) is 1.00. The number of rotatable bonds is 6. The van der Waals surface area contributed by atoms with Crippen LogP contribution in [0.2, 0.25) is 0 Å². The van der Waals surface area contributed by atoms with E-state index in [1.807, 2.05) is 0 Å². The van der Waals surface area contributed by atoms with E-state index >= 15 is 0 Å². The van der Waals surface area contributed by atoms with Crippen molar-refractivity contribution < 1.29 is 13.7 Å². The Morgan fingerprint density at radius 1 is 1.07 bits per heavy atom. The Balaban J connectivity index is 2.02. The third-order valence-corrected chi connectivity index (χ3v) is 3.33. The Bertz CT molecular complexity index is 181. The van der Waals surface area contributed by atoms with E-state index in [0.717, 1.165) is 24.2 Å². The van der Waals surface area contributed by atoms with Gasteiger partial charge in [-0.3, -0.25) is 0 Å². The van der Waals surface area contributed by atoms with Gasteiger partial charge in [0.1, 0.15) is 13.1 Å². The van der Waals surface area contributed by atoms with E-state index in [2.05, 4.69) is 28.2 Å². The van der Waals surface area contributed by atoms with Crippen molar-refractivity contribution in [3.63, 3.8) is 0 Å². The van der Waals surface area contributed by atoms with Gasteiger partial charge in [-0.2, -0.15) is 0 Å². The third kappa shape index (κ3) is 5.50. The van der Waals surface area contributed by atoms with Crippen molar-refractivity contribution in [1.29, 1.82) is 0 Å². The van der Waals surface area contributed by atoms with Crippen LogP contribution in [0.5, 0.6) is 0 Å². The lowest BCUT2D eigenvalue weighted by molar-refractivity contribution is -0.898. The van der Waals surface area contributed by atoms with Crippen molar-refractivity contribution in [3.8, 4) is 0 Å². The molecule has 0 amide bonds. The molecule has 0 atom stereocenters.